The van der Waals surface area contributed by atoms with Gasteiger partial charge in [-0.1, -0.05) is 24.3 Å². The largest absolute Gasteiger partial charge is 0.495 e. The Labute approximate surface area is 180 Å². The van der Waals surface area contributed by atoms with Gasteiger partial charge in [0.25, 0.3) is 10.0 Å². The first-order valence-electron chi connectivity index (χ1n) is 8.41. The van der Waals surface area contributed by atoms with E-state index in [1.165, 1.54) is 6.07 Å². The number of thiophene rings is 1. The normalized spacial score (nSPS) is 11.4. The number of nitrogens with one attached hydrogen (secondary N) is 2. The molecule has 29 heavy (non-hydrogen) atoms. The number of sulfonamides is 1. The van der Waals surface area contributed by atoms with E-state index in [0.717, 1.165) is 15.1 Å². The van der Waals surface area contributed by atoms with Gasteiger partial charge in [0.05, 0.1) is 27.6 Å². The molecule has 0 bridgehead atoms. The van der Waals surface area contributed by atoms with E-state index in [9.17, 15) is 8.42 Å². The van der Waals surface area contributed by atoms with E-state index in [2.05, 4.69) is 35.9 Å². The highest BCUT2D eigenvalue weighted by Crippen LogP contribution is 2.32. The van der Waals surface area contributed by atoms with Gasteiger partial charge in [0.2, 0.25) is 0 Å². The lowest BCUT2D eigenvalue weighted by molar-refractivity contribution is 0.417. The van der Waals surface area contributed by atoms with Gasteiger partial charge in [-0.25, -0.2) is 18.4 Å². The predicted octanol–water partition coefficient (Wildman–Crippen LogP) is 5.01. The monoisotopic (exact) mass is 490 g/mol. The molecule has 2 heterocycles. The molecule has 2 N–H and O–H groups in total. The van der Waals surface area contributed by atoms with Crippen LogP contribution in [0.3, 0.4) is 0 Å². The molecule has 2 aromatic carbocycles. The lowest BCUT2D eigenvalue weighted by Gasteiger charge is -2.15. The Morgan fingerprint density at radius 3 is 2.24 bits per heavy atom. The molecule has 0 fully saturated rings. The summed E-state index contributed by atoms with van der Waals surface area (Å²) >= 11 is 4.40. The summed E-state index contributed by atoms with van der Waals surface area (Å²) in [5.41, 5.74) is 1.84. The molecule has 0 unspecified atom stereocenters. The standard InChI is InChI=1S/C19H15BrN4O3S2/c1-27-15-9-5-4-8-14(15)23-18-19(22-13-7-3-2-6-12(13)21-18)24-29(25,26)17-11-10-16(20)28-17/h2-11H,1H3,(H,21,23)(H,22,24). The average molecular weight is 491 g/mol. The number of anilines is 3. The molecule has 0 aliphatic rings. The van der Waals surface area contributed by atoms with Crippen molar-refractivity contribution in [3.8, 4) is 5.75 Å². The maximum atomic E-state index is 12.8. The second-order valence-electron chi connectivity index (χ2n) is 5.90. The number of para-hydroxylation sites is 4. The van der Waals surface area contributed by atoms with Gasteiger partial charge in [0, 0.05) is 0 Å². The lowest BCUT2D eigenvalue weighted by atomic mass is 10.3. The van der Waals surface area contributed by atoms with Crippen LogP contribution in [0.5, 0.6) is 5.75 Å². The van der Waals surface area contributed by atoms with Crippen molar-refractivity contribution < 1.29 is 13.2 Å². The Morgan fingerprint density at radius 2 is 1.59 bits per heavy atom. The van der Waals surface area contributed by atoms with Gasteiger partial charge in [0.1, 0.15) is 9.96 Å². The first-order chi connectivity index (χ1) is 14.0. The molecule has 10 heteroatoms. The smallest absolute Gasteiger partial charge is 0.272 e. The molecule has 0 aliphatic heterocycles. The Morgan fingerprint density at radius 1 is 0.931 bits per heavy atom. The van der Waals surface area contributed by atoms with Crippen LogP contribution in [0.15, 0.2) is 68.7 Å². The van der Waals surface area contributed by atoms with E-state index in [1.807, 2.05) is 36.4 Å². The molecular formula is C19H15BrN4O3S2. The molecule has 7 nitrogen and oxygen atoms in total. The fraction of sp³-hybridized carbons (Fsp3) is 0.0526. The van der Waals surface area contributed by atoms with E-state index < -0.39 is 10.0 Å². The number of hydrogen-bond donors (Lipinski definition) is 2. The molecule has 148 valence electrons. The highest BCUT2D eigenvalue weighted by Gasteiger charge is 2.21. The molecule has 0 atom stereocenters. The van der Waals surface area contributed by atoms with E-state index in [0.29, 0.717) is 22.5 Å². The van der Waals surface area contributed by atoms with Crippen LogP contribution in [0.25, 0.3) is 11.0 Å². The molecule has 4 rings (SSSR count). The van der Waals surface area contributed by atoms with E-state index >= 15 is 0 Å². The highest BCUT2D eigenvalue weighted by molar-refractivity contribution is 9.11. The van der Waals surface area contributed by atoms with Crippen LogP contribution in [-0.4, -0.2) is 25.5 Å². The van der Waals surface area contributed by atoms with Gasteiger partial charge in [-0.3, -0.25) is 4.72 Å². The summed E-state index contributed by atoms with van der Waals surface area (Å²) in [4.78, 5) is 9.05. The minimum Gasteiger partial charge on any atom is -0.495 e. The molecular weight excluding hydrogens is 476 g/mol. The van der Waals surface area contributed by atoms with Crippen LogP contribution in [0.2, 0.25) is 0 Å². The third-order valence-corrected chi connectivity index (χ3v) is 7.43. The number of ether oxygens (including phenoxy) is 1. The van der Waals surface area contributed by atoms with Crippen LogP contribution in [-0.2, 0) is 10.0 Å². The van der Waals surface area contributed by atoms with Crippen molar-refractivity contribution in [3.63, 3.8) is 0 Å². The number of aromatic nitrogens is 2. The maximum Gasteiger partial charge on any atom is 0.272 e. The summed E-state index contributed by atoms with van der Waals surface area (Å²) in [6.07, 6.45) is 0. The van der Waals surface area contributed by atoms with Gasteiger partial charge in [-0.15, -0.1) is 11.3 Å². The summed E-state index contributed by atoms with van der Waals surface area (Å²) in [6.45, 7) is 0. The molecule has 2 aromatic heterocycles. The Hall–Kier alpha value is -2.69. The molecule has 0 radical (unpaired) electrons. The Bertz CT molecular complexity index is 1290. The SMILES string of the molecule is COc1ccccc1Nc1nc2ccccc2nc1NS(=O)(=O)c1ccc(Br)s1. The summed E-state index contributed by atoms with van der Waals surface area (Å²) < 4.78 is 34.5. The maximum absolute atomic E-state index is 12.8. The third kappa shape index (κ3) is 4.19. The van der Waals surface area contributed by atoms with Crippen molar-refractivity contribution in [3.05, 3.63) is 64.5 Å². The molecule has 4 aromatic rings. The van der Waals surface area contributed by atoms with Crippen LogP contribution in [0.1, 0.15) is 0 Å². The fourth-order valence-corrected chi connectivity index (χ4v) is 5.67. The molecule has 0 spiro atoms. The number of fused-ring (bicyclic) bond motifs is 1. The Balaban J connectivity index is 1.80. The second-order valence-corrected chi connectivity index (χ2v) is 10.3. The number of halogens is 1. The molecule has 0 aliphatic carbocycles. The van der Waals surface area contributed by atoms with Gasteiger partial charge in [-0.05, 0) is 52.3 Å². The predicted molar refractivity (Wildman–Crippen MR) is 119 cm³/mol. The quantitative estimate of drug-likeness (QED) is 0.394. The topological polar surface area (TPSA) is 93.2 Å². The van der Waals surface area contributed by atoms with Gasteiger partial charge < -0.3 is 10.1 Å². The van der Waals surface area contributed by atoms with Gasteiger partial charge in [0.15, 0.2) is 11.6 Å². The zero-order chi connectivity index (χ0) is 20.4. The van der Waals surface area contributed by atoms with Gasteiger partial charge in [-0.2, -0.15) is 0 Å². The van der Waals surface area contributed by atoms with Crippen molar-refractivity contribution in [1.82, 2.24) is 9.97 Å². The number of hydrogen-bond acceptors (Lipinski definition) is 7. The van der Waals surface area contributed by atoms with Crippen molar-refractivity contribution in [2.24, 2.45) is 0 Å². The zero-order valence-corrected chi connectivity index (χ0v) is 18.3. The van der Waals surface area contributed by atoms with E-state index in [-0.39, 0.29) is 15.8 Å². The number of rotatable bonds is 6. The Kier molecular flexibility index (Phi) is 5.39. The van der Waals surface area contributed by atoms with Gasteiger partial charge >= 0.3 is 0 Å². The number of benzene rings is 2. The zero-order valence-electron chi connectivity index (χ0n) is 15.1. The summed E-state index contributed by atoms with van der Waals surface area (Å²) in [6, 6.07) is 17.7. The molecule has 0 amide bonds. The van der Waals surface area contributed by atoms with E-state index in [1.54, 1.807) is 25.3 Å². The van der Waals surface area contributed by atoms with Crippen molar-refractivity contribution in [2.75, 3.05) is 17.1 Å². The summed E-state index contributed by atoms with van der Waals surface area (Å²) in [5.74, 6) is 0.963. The van der Waals surface area contributed by atoms with Crippen LogP contribution >= 0.6 is 27.3 Å². The van der Waals surface area contributed by atoms with E-state index in [4.69, 9.17) is 4.74 Å². The van der Waals surface area contributed by atoms with Crippen molar-refractivity contribution >= 4 is 65.6 Å². The van der Waals surface area contributed by atoms with Crippen LogP contribution in [0.4, 0.5) is 17.3 Å². The molecule has 0 saturated heterocycles. The van der Waals surface area contributed by atoms with Crippen LogP contribution < -0.4 is 14.8 Å². The lowest BCUT2D eigenvalue weighted by Crippen LogP contribution is -2.15. The average Bonchev–Trinajstić information content (AvgIpc) is 3.16. The summed E-state index contributed by atoms with van der Waals surface area (Å²) in [7, 11) is -2.27. The summed E-state index contributed by atoms with van der Waals surface area (Å²) in [5, 5.41) is 3.13. The highest BCUT2D eigenvalue weighted by atomic mass is 79.9. The fourth-order valence-electron chi connectivity index (χ4n) is 2.65. The van der Waals surface area contributed by atoms with Crippen molar-refractivity contribution in [2.45, 2.75) is 4.21 Å². The number of nitrogens with zero attached hydrogens (tertiary/aromatic N) is 2. The minimum absolute atomic E-state index is 0.0964. The molecule has 0 saturated carbocycles. The second kappa shape index (κ2) is 7.97. The third-order valence-electron chi connectivity index (χ3n) is 3.98. The minimum atomic E-state index is -3.83. The first-order valence-corrected chi connectivity index (χ1v) is 11.5. The van der Waals surface area contributed by atoms with Crippen LogP contribution in [0, 0.1) is 0 Å². The first kappa shape index (κ1) is 19.6. The number of methoxy groups -OCH3 is 1. The van der Waals surface area contributed by atoms with Crippen molar-refractivity contribution in [1.29, 1.82) is 0 Å².